The van der Waals surface area contributed by atoms with Crippen molar-refractivity contribution in [3.8, 4) is 0 Å². The molecule has 20 heavy (non-hydrogen) atoms. The van der Waals surface area contributed by atoms with Crippen LogP contribution in [0.4, 0.5) is 5.82 Å². The van der Waals surface area contributed by atoms with E-state index in [0.717, 1.165) is 19.5 Å². The van der Waals surface area contributed by atoms with Gasteiger partial charge in [0.15, 0.2) is 0 Å². The Kier molecular flexibility index (Phi) is 5.55. The molecule has 0 saturated carbocycles. The van der Waals surface area contributed by atoms with Gasteiger partial charge in [-0.05, 0) is 32.7 Å². The van der Waals surface area contributed by atoms with Crippen LogP contribution in [0.2, 0.25) is 0 Å². The number of aromatic nitrogens is 2. The monoisotopic (exact) mass is 280 g/mol. The lowest BCUT2D eigenvalue weighted by molar-refractivity contribution is 0.177. The van der Waals surface area contributed by atoms with Crippen molar-refractivity contribution >= 4 is 5.82 Å². The maximum atomic E-state index is 11.5. The summed E-state index contributed by atoms with van der Waals surface area (Å²) in [5.74, 6) is 1.17. The second kappa shape index (κ2) is 7.40. The molecule has 0 amide bonds. The van der Waals surface area contributed by atoms with Crippen molar-refractivity contribution in [1.29, 1.82) is 0 Å². The maximum absolute atomic E-state index is 11.5. The van der Waals surface area contributed by atoms with Gasteiger partial charge in [-0.2, -0.15) is 0 Å². The van der Waals surface area contributed by atoms with E-state index in [9.17, 15) is 4.79 Å². The van der Waals surface area contributed by atoms with Gasteiger partial charge in [-0.3, -0.25) is 4.79 Å². The number of ether oxygens (including phenoxy) is 1. The molecule has 1 saturated heterocycles. The molecule has 1 unspecified atom stereocenters. The van der Waals surface area contributed by atoms with E-state index in [1.54, 1.807) is 7.11 Å². The predicted molar refractivity (Wildman–Crippen MR) is 78.9 cm³/mol. The van der Waals surface area contributed by atoms with Crippen molar-refractivity contribution in [2.24, 2.45) is 0 Å². The summed E-state index contributed by atoms with van der Waals surface area (Å²) in [4.78, 5) is 20.9. The Morgan fingerprint density at radius 1 is 1.60 bits per heavy atom. The van der Waals surface area contributed by atoms with Gasteiger partial charge >= 0.3 is 0 Å². The summed E-state index contributed by atoms with van der Waals surface area (Å²) in [6, 6.07) is 2.19. The van der Waals surface area contributed by atoms with Gasteiger partial charge in [-0.1, -0.05) is 0 Å². The zero-order chi connectivity index (χ0) is 14.4. The first-order valence-electron chi connectivity index (χ1n) is 7.26. The van der Waals surface area contributed by atoms with Crippen molar-refractivity contribution in [3.63, 3.8) is 0 Å². The molecule has 0 radical (unpaired) electrons. The number of methoxy groups -OCH3 is 1. The molecular formula is C14H24N4O2. The van der Waals surface area contributed by atoms with Crippen LogP contribution in [0, 0.1) is 0 Å². The van der Waals surface area contributed by atoms with Gasteiger partial charge in [0, 0.05) is 32.3 Å². The molecule has 2 N–H and O–H groups in total. The van der Waals surface area contributed by atoms with E-state index in [4.69, 9.17) is 4.74 Å². The molecule has 1 aliphatic rings. The molecule has 0 bridgehead atoms. The number of likely N-dealkylation sites (tertiary alicyclic amines) is 1. The zero-order valence-corrected chi connectivity index (χ0v) is 12.3. The summed E-state index contributed by atoms with van der Waals surface area (Å²) >= 11 is 0. The number of hydrogen-bond acceptors (Lipinski definition) is 5. The Morgan fingerprint density at radius 3 is 3.15 bits per heavy atom. The van der Waals surface area contributed by atoms with Crippen molar-refractivity contribution in [1.82, 2.24) is 14.9 Å². The summed E-state index contributed by atoms with van der Waals surface area (Å²) in [5, 5.41) is 3.21. The molecule has 0 aromatic carbocycles. The summed E-state index contributed by atoms with van der Waals surface area (Å²) in [5.41, 5.74) is -0.150. The van der Waals surface area contributed by atoms with E-state index in [0.29, 0.717) is 24.3 Å². The van der Waals surface area contributed by atoms with Crippen LogP contribution in [-0.4, -0.2) is 47.7 Å². The molecule has 2 rings (SSSR count). The number of nitrogens with one attached hydrogen (secondary N) is 2. The summed E-state index contributed by atoms with van der Waals surface area (Å²) in [7, 11) is 1.58. The van der Waals surface area contributed by atoms with Crippen LogP contribution in [-0.2, 0) is 11.3 Å². The van der Waals surface area contributed by atoms with Crippen LogP contribution >= 0.6 is 0 Å². The van der Waals surface area contributed by atoms with Crippen molar-refractivity contribution in [2.75, 3.05) is 32.1 Å². The third kappa shape index (κ3) is 4.31. The Balaban J connectivity index is 1.77. The van der Waals surface area contributed by atoms with Gasteiger partial charge in [0.1, 0.15) is 18.2 Å². The van der Waals surface area contributed by atoms with Gasteiger partial charge < -0.3 is 19.9 Å². The van der Waals surface area contributed by atoms with Gasteiger partial charge in [-0.15, -0.1) is 0 Å². The number of anilines is 1. The lowest BCUT2D eigenvalue weighted by Gasteiger charge is -2.20. The van der Waals surface area contributed by atoms with Gasteiger partial charge in [0.2, 0.25) is 0 Å². The van der Waals surface area contributed by atoms with Crippen molar-refractivity contribution < 1.29 is 4.74 Å². The highest BCUT2D eigenvalue weighted by Gasteiger charge is 2.18. The molecule has 1 aliphatic heterocycles. The van der Waals surface area contributed by atoms with E-state index >= 15 is 0 Å². The lowest BCUT2D eigenvalue weighted by Crippen LogP contribution is -2.29. The first-order chi connectivity index (χ1) is 9.69. The first kappa shape index (κ1) is 15.0. The molecule has 1 fully saturated rings. The molecule has 6 heteroatoms. The molecule has 112 valence electrons. The standard InChI is InChI=1S/C14H24N4O2/c1-11-5-3-7-18(11)8-4-6-15-12-9-14(19)17-13(16-12)10-20-2/h9,11H,3-8,10H2,1-2H3,(H2,15,16,17,19). The number of aromatic amines is 1. The van der Waals surface area contributed by atoms with Crippen molar-refractivity contribution in [2.45, 2.75) is 38.8 Å². The minimum Gasteiger partial charge on any atom is -0.377 e. The largest absolute Gasteiger partial charge is 0.377 e. The van der Waals surface area contributed by atoms with Crippen LogP contribution in [0.5, 0.6) is 0 Å². The molecule has 1 aromatic heterocycles. The number of hydrogen-bond donors (Lipinski definition) is 2. The normalized spacial score (nSPS) is 19.4. The van der Waals surface area contributed by atoms with E-state index < -0.39 is 0 Å². The fourth-order valence-electron chi connectivity index (χ4n) is 2.63. The first-order valence-corrected chi connectivity index (χ1v) is 7.26. The Hall–Kier alpha value is -1.40. The Bertz CT molecular complexity index is 474. The smallest absolute Gasteiger partial charge is 0.253 e. The van der Waals surface area contributed by atoms with Crippen LogP contribution in [0.3, 0.4) is 0 Å². The summed E-state index contributed by atoms with van der Waals surface area (Å²) < 4.78 is 4.98. The summed E-state index contributed by atoms with van der Waals surface area (Å²) in [6.07, 6.45) is 3.67. The molecule has 2 heterocycles. The molecule has 1 aromatic rings. The van der Waals surface area contributed by atoms with Crippen LogP contribution in [0.1, 0.15) is 32.0 Å². The van der Waals surface area contributed by atoms with E-state index in [-0.39, 0.29) is 5.56 Å². The summed E-state index contributed by atoms with van der Waals surface area (Å²) in [6.45, 7) is 5.74. The second-order valence-electron chi connectivity index (χ2n) is 5.32. The average molecular weight is 280 g/mol. The molecular weight excluding hydrogens is 256 g/mol. The predicted octanol–water partition coefficient (Wildman–Crippen LogP) is 1.20. The lowest BCUT2D eigenvalue weighted by atomic mass is 10.2. The van der Waals surface area contributed by atoms with Crippen molar-refractivity contribution in [3.05, 3.63) is 22.2 Å². The quantitative estimate of drug-likeness (QED) is 0.735. The fraction of sp³-hybridized carbons (Fsp3) is 0.714. The van der Waals surface area contributed by atoms with Crippen LogP contribution < -0.4 is 10.9 Å². The third-order valence-corrected chi connectivity index (χ3v) is 3.69. The van der Waals surface area contributed by atoms with E-state index in [1.165, 1.54) is 25.5 Å². The molecule has 6 nitrogen and oxygen atoms in total. The minimum atomic E-state index is -0.150. The Morgan fingerprint density at radius 2 is 2.45 bits per heavy atom. The number of nitrogens with zero attached hydrogens (tertiary/aromatic N) is 2. The van der Waals surface area contributed by atoms with E-state index in [1.807, 2.05) is 0 Å². The average Bonchev–Trinajstić information content (AvgIpc) is 2.80. The highest BCUT2D eigenvalue weighted by molar-refractivity contribution is 5.32. The number of rotatable bonds is 7. The van der Waals surface area contributed by atoms with Gasteiger partial charge in [0.25, 0.3) is 5.56 Å². The minimum absolute atomic E-state index is 0.150. The van der Waals surface area contributed by atoms with Gasteiger partial charge in [0.05, 0.1) is 0 Å². The highest BCUT2D eigenvalue weighted by atomic mass is 16.5. The third-order valence-electron chi connectivity index (χ3n) is 3.69. The maximum Gasteiger partial charge on any atom is 0.253 e. The molecule has 1 atom stereocenters. The fourth-order valence-corrected chi connectivity index (χ4v) is 2.63. The van der Waals surface area contributed by atoms with Crippen LogP contribution in [0.25, 0.3) is 0 Å². The molecule has 0 spiro atoms. The second-order valence-corrected chi connectivity index (χ2v) is 5.32. The van der Waals surface area contributed by atoms with E-state index in [2.05, 4.69) is 27.1 Å². The Labute approximate surface area is 119 Å². The van der Waals surface area contributed by atoms with Gasteiger partial charge in [-0.25, -0.2) is 4.98 Å². The highest BCUT2D eigenvalue weighted by Crippen LogP contribution is 2.16. The number of H-pyrrole nitrogens is 1. The zero-order valence-electron chi connectivity index (χ0n) is 12.3. The molecule has 0 aliphatic carbocycles. The van der Waals surface area contributed by atoms with Crippen LogP contribution in [0.15, 0.2) is 10.9 Å². The topological polar surface area (TPSA) is 70.2 Å². The SMILES string of the molecule is COCc1nc(NCCCN2CCCC2C)cc(=O)[nH]1.